The van der Waals surface area contributed by atoms with E-state index in [2.05, 4.69) is 11.0 Å². The van der Waals surface area contributed by atoms with E-state index in [0.29, 0.717) is 31.8 Å². The van der Waals surface area contributed by atoms with Crippen molar-refractivity contribution in [2.75, 3.05) is 58.5 Å². The lowest BCUT2D eigenvalue weighted by atomic mass is 9.81. The second-order valence-corrected chi connectivity index (χ2v) is 9.98. The van der Waals surface area contributed by atoms with E-state index < -0.39 is 5.92 Å². The van der Waals surface area contributed by atoms with Gasteiger partial charge < -0.3 is 24.2 Å². The van der Waals surface area contributed by atoms with Crippen molar-refractivity contribution in [3.05, 3.63) is 82.0 Å². The SMILES string of the molecule is COCCN1C(=O)c2ccccc2[C@H](C(=O)N2CCN(c3ccccc3OC)CC2)[C@@H]1c1cccs1. The summed E-state index contributed by atoms with van der Waals surface area (Å²) < 4.78 is 10.9. The van der Waals surface area contributed by atoms with Crippen LogP contribution in [0.2, 0.25) is 0 Å². The van der Waals surface area contributed by atoms with Gasteiger partial charge in [0.2, 0.25) is 5.91 Å². The molecule has 7 nitrogen and oxygen atoms in total. The molecule has 0 unspecified atom stereocenters. The molecule has 0 saturated carbocycles. The summed E-state index contributed by atoms with van der Waals surface area (Å²) in [5.41, 5.74) is 2.46. The average Bonchev–Trinajstić information content (AvgIpc) is 3.47. The molecular weight excluding hydrogens is 474 g/mol. The molecule has 0 radical (unpaired) electrons. The van der Waals surface area contributed by atoms with Crippen LogP contribution in [0.1, 0.15) is 32.8 Å². The molecular formula is C28H31N3O4S. The Morgan fingerprint density at radius 2 is 1.72 bits per heavy atom. The number of hydrogen-bond donors (Lipinski definition) is 0. The Balaban J connectivity index is 1.45. The Labute approximate surface area is 215 Å². The molecule has 0 bridgehead atoms. The van der Waals surface area contributed by atoms with Crippen molar-refractivity contribution < 1.29 is 19.1 Å². The zero-order chi connectivity index (χ0) is 25.1. The van der Waals surface area contributed by atoms with E-state index in [-0.39, 0.29) is 17.9 Å². The number of para-hydroxylation sites is 2. The molecule has 2 amide bonds. The van der Waals surface area contributed by atoms with Crippen LogP contribution < -0.4 is 9.64 Å². The van der Waals surface area contributed by atoms with E-state index in [1.807, 2.05) is 69.8 Å². The van der Waals surface area contributed by atoms with Crippen LogP contribution in [0.4, 0.5) is 5.69 Å². The van der Waals surface area contributed by atoms with Gasteiger partial charge in [0.05, 0.1) is 31.4 Å². The van der Waals surface area contributed by atoms with E-state index in [1.165, 1.54) is 0 Å². The molecule has 0 aliphatic carbocycles. The van der Waals surface area contributed by atoms with Gasteiger partial charge in [-0.1, -0.05) is 36.4 Å². The van der Waals surface area contributed by atoms with Gasteiger partial charge in [0.15, 0.2) is 0 Å². The van der Waals surface area contributed by atoms with Crippen LogP contribution in [0.15, 0.2) is 66.0 Å². The minimum Gasteiger partial charge on any atom is -0.495 e. The van der Waals surface area contributed by atoms with Gasteiger partial charge in [-0.05, 0) is 35.2 Å². The van der Waals surface area contributed by atoms with Crippen LogP contribution in [-0.2, 0) is 9.53 Å². The maximum absolute atomic E-state index is 14.2. The number of hydrogen-bond acceptors (Lipinski definition) is 6. The molecule has 8 heteroatoms. The van der Waals surface area contributed by atoms with Gasteiger partial charge in [-0.3, -0.25) is 9.59 Å². The standard InChI is InChI=1S/C28H31N3O4S/c1-34-18-17-31-26(24-12-7-19-36-24)25(20-8-3-4-9-21(20)27(31)32)28(33)30-15-13-29(14-16-30)22-10-5-6-11-23(22)35-2/h3-12,19,25-26H,13-18H2,1-2H3/t25-,26-/m0/s1. The first-order chi connectivity index (χ1) is 17.6. The van der Waals surface area contributed by atoms with Gasteiger partial charge in [-0.15, -0.1) is 11.3 Å². The van der Waals surface area contributed by atoms with Gasteiger partial charge in [0.25, 0.3) is 5.91 Å². The van der Waals surface area contributed by atoms with Crippen molar-refractivity contribution in [3.8, 4) is 5.75 Å². The molecule has 0 spiro atoms. The van der Waals surface area contributed by atoms with Crippen LogP contribution in [0.5, 0.6) is 5.75 Å². The predicted molar refractivity (Wildman–Crippen MR) is 141 cm³/mol. The lowest BCUT2D eigenvalue weighted by Crippen LogP contribution is -2.53. The van der Waals surface area contributed by atoms with Crippen LogP contribution >= 0.6 is 11.3 Å². The first-order valence-electron chi connectivity index (χ1n) is 12.2. The van der Waals surface area contributed by atoms with E-state index in [4.69, 9.17) is 9.47 Å². The molecule has 2 aliphatic rings. The highest BCUT2D eigenvalue weighted by Crippen LogP contribution is 2.45. The minimum atomic E-state index is -0.466. The molecule has 2 aromatic carbocycles. The van der Waals surface area contributed by atoms with Gasteiger partial charge in [-0.2, -0.15) is 0 Å². The molecule has 1 aromatic heterocycles. The molecule has 3 aromatic rings. The van der Waals surface area contributed by atoms with Crippen LogP contribution in [0, 0.1) is 0 Å². The number of ether oxygens (including phenoxy) is 2. The first kappa shape index (κ1) is 24.3. The Bertz CT molecular complexity index is 1210. The van der Waals surface area contributed by atoms with Crippen molar-refractivity contribution in [1.29, 1.82) is 0 Å². The first-order valence-corrected chi connectivity index (χ1v) is 13.1. The summed E-state index contributed by atoms with van der Waals surface area (Å²) in [6.45, 7) is 3.50. The molecule has 36 heavy (non-hydrogen) atoms. The second kappa shape index (κ2) is 10.7. The number of methoxy groups -OCH3 is 2. The highest BCUT2D eigenvalue weighted by molar-refractivity contribution is 7.10. The monoisotopic (exact) mass is 505 g/mol. The smallest absolute Gasteiger partial charge is 0.254 e. The highest BCUT2D eigenvalue weighted by atomic mass is 32.1. The fraction of sp³-hybridized carbons (Fsp3) is 0.357. The number of rotatable bonds is 7. The third-order valence-corrected chi connectivity index (χ3v) is 8.04. The van der Waals surface area contributed by atoms with Gasteiger partial charge >= 0.3 is 0 Å². The largest absolute Gasteiger partial charge is 0.495 e. The quantitative estimate of drug-likeness (QED) is 0.485. The number of fused-ring (bicyclic) bond motifs is 1. The van der Waals surface area contributed by atoms with Gasteiger partial charge in [0.1, 0.15) is 5.75 Å². The number of nitrogens with zero attached hydrogens (tertiary/aromatic N) is 3. The third-order valence-electron chi connectivity index (χ3n) is 7.09. The summed E-state index contributed by atoms with van der Waals surface area (Å²) >= 11 is 1.59. The number of piperazine rings is 1. The lowest BCUT2D eigenvalue weighted by molar-refractivity contribution is -0.135. The average molecular weight is 506 g/mol. The lowest BCUT2D eigenvalue weighted by Gasteiger charge is -2.44. The van der Waals surface area contributed by atoms with E-state index in [0.717, 1.165) is 35.0 Å². The number of amides is 2. The maximum atomic E-state index is 14.2. The highest BCUT2D eigenvalue weighted by Gasteiger charge is 2.46. The number of carbonyl (C=O) groups excluding carboxylic acids is 2. The maximum Gasteiger partial charge on any atom is 0.254 e. The normalized spacial score (nSPS) is 19.8. The fourth-order valence-electron chi connectivity index (χ4n) is 5.33. The van der Waals surface area contributed by atoms with Crippen molar-refractivity contribution in [2.45, 2.75) is 12.0 Å². The van der Waals surface area contributed by atoms with Crippen molar-refractivity contribution in [3.63, 3.8) is 0 Å². The molecule has 3 heterocycles. The zero-order valence-corrected chi connectivity index (χ0v) is 21.4. The predicted octanol–water partition coefficient (Wildman–Crippen LogP) is 4.03. The summed E-state index contributed by atoms with van der Waals surface area (Å²) in [5.74, 6) is 0.386. The minimum absolute atomic E-state index is 0.0499. The zero-order valence-electron chi connectivity index (χ0n) is 20.6. The van der Waals surface area contributed by atoms with Crippen molar-refractivity contribution in [2.24, 2.45) is 0 Å². The van der Waals surface area contributed by atoms with Crippen molar-refractivity contribution in [1.82, 2.24) is 9.80 Å². The van der Waals surface area contributed by atoms with Crippen LogP contribution in [-0.4, -0.2) is 75.2 Å². The Hall–Kier alpha value is -3.36. The number of carbonyl (C=O) groups is 2. The Kier molecular flexibility index (Phi) is 7.25. The Morgan fingerprint density at radius 1 is 0.972 bits per heavy atom. The van der Waals surface area contributed by atoms with Crippen molar-refractivity contribution >= 4 is 28.8 Å². The number of thiophene rings is 1. The molecule has 1 saturated heterocycles. The molecule has 188 valence electrons. The van der Waals surface area contributed by atoms with Crippen LogP contribution in [0.25, 0.3) is 0 Å². The van der Waals surface area contributed by atoms with Gasteiger partial charge in [-0.25, -0.2) is 0 Å². The fourth-order valence-corrected chi connectivity index (χ4v) is 6.20. The molecule has 5 rings (SSSR count). The second-order valence-electron chi connectivity index (χ2n) is 9.00. The topological polar surface area (TPSA) is 62.3 Å². The summed E-state index contributed by atoms with van der Waals surface area (Å²) in [7, 11) is 3.31. The number of benzene rings is 2. The molecule has 1 fully saturated rings. The third kappa shape index (κ3) is 4.47. The van der Waals surface area contributed by atoms with Crippen LogP contribution in [0.3, 0.4) is 0 Å². The molecule has 2 aliphatic heterocycles. The van der Waals surface area contributed by atoms with Gasteiger partial charge in [0, 0.05) is 50.3 Å². The summed E-state index contributed by atoms with van der Waals surface area (Å²) in [5, 5.41) is 2.00. The molecule has 2 atom stereocenters. The molecule has 0 N–H and O–H groups in total. The summed E-state index contributed by atoms with van der Waals surface area (Å²) in [6.07, 6.45) is 0. The summed E-state index contributed by atoms with van der Waals surface area (Å²) in [4.78, 5) is 34.9. The van der Waals surface area contributed by atoms with E-state index >= 15 is 0 Å². The van der Waals surface area contributed by atoms with E-state index in [1.54, 1.807) is 25.6 Å². The number of anilines is 1. The van der Waals surface area contributed by atoms with E-state index in [9.17, 15) is 9.59 Å². The summed E-state index contributed by atoms with van der Waals surface area (Å²) in [6, 6.07) is 19.2. The Morgan fingerprint density at radius 3 is 2.44 bits per heavy atom.